The minimum atomic E-state index is 0.657. The minimum absolute atomic E-state index is 0.657. The summed E-state index contributed by atoms with van der Waals surface area (Å²) in [5, 5.41) is 0.657. The van der Waals surface area contributed by atoms with Gasteiger partial charge in [0.1, 0.15) is 0 Å². The molecule has 0 aromatic carbocycles. The highest BCUT2D eigenvalue weighted by Gasteiger charge is 2.12. The molecule has 0 bridgehead atoms. The van der Waals surface area contributed by atoms with E-state index in [1.54, 1.807) is 0 Å². The largest absolute Gasteiger partial charge is 0.290 e. The van der Waals surface area contributed by atoms with Gasteiger partial charge in [-0.1, -0.05) is 6.92 Å². The van der Waals surface area contributed by atoms with Gasteiger partial charge in [0.05, 0.1) is 5.37 Å². The van der Waals surface area contributed by atoms with Crippen LogP contribution in [0, 0.1) is 0 Å². The number of hydrogen-bond acceptors (Lipinski definition) is 2. The van der Waals surface area contributed by atoms with E-state index in [9.17, 15) is 0 Å². The molecule has 0 N–H and O–H groups in total. The molecule has 1 unspecified atom stereocenters. The fourth-order valence-electron chi connectivity index (χ4n) is 1.18. The lowest BCUT2D eigenvalue weighted by Gasteiger charge is -2.30. The second-order valence-corrected chi connectivity index (χ2v) is 3.91. The first kappa shape index (κ1) is 10.3. The van der Waals surface area contributed by atoms with E-state index in [0.717, 1.165) is 6.54 Å². The van der Waals surface area contributed by atoms with Crippen LogP contribution < -0.4 is 0 Å². The molecule has 2 heteroatoms. The van der Waals surface area contributed by atoms with Gasteiger partial charge in [-0.25, -0.2) is 0 Å². The van der Waals surface area contributed by atoms with Crippen molar-refractivity contribution in [1.29, 1.82) is 0 Å². The monoisotopic (exact) mass is 161 g/mol. The molecule has 0 radical (unpaired) electrons. The van der Waals surface area contributed by atoms with Gasteiger partial charge in [-0.2, -0.15) is 0 Å². The van der Waals surface area contributed by atoms with E-state index in [0.29, 0.717) is 11.4 Å². The fraction of sp³-hybridized carbons (Fsp3) is 1.00. The Kier molecular flexibility index (Phi) is 5.18. The predicted molar refractivity (Wildman–Crippen MR) is 50.5 cm³/mol. The lowest BCUT2D eigenvalue weighted by Crippen LogP contribution is -2.36. The Hall–Kier alpha value is 0.310. The average Bonchev–Trinajstić information content (AvgIpc) is 1.88. The van der Waals surface area contributed by atoms with Gasteiger partial charge in [0.25, 0.3) is 0 Å². The summed E-state index contributed by atoms with van der Waals surface area (Å²) in [5.74, 6) is 0. The molecule has 0 aromatic rings. The van der Waals surface area contributed by atoms with Gasteiger partial charge in [0.2, 0.25) is 0 Å². The van der Waals surface area contributed by atoms with Crippen LogP contribution in [-0.4, -0.2) is 29.1 Å². The molecule has 0 aromatic heterocycles. The first-order valence-electron chi connectivity index (χ1n) is 3.92. The number of nitrogens with zero attached hydrogens (tertiary/aromatic N) is 1. The zero-order valence-electron chi connectivity index (χ0n) is 7.72. The molecule has 0 aliphatic heterocycles. The lowest BCUT2D eigenvalue weighted by molar-refractivity contribution is 0.227. The quantitative estimate of drug-likeness (QED) is 0.583. The Morgan fingerprint density at radius 2 is 1.80 bits per heavy atom. The summed E-state index contributed by atoms with van der Waals surface area (Å²) in [6.45, 7) is 10.1. The highest BCUT2D eigenvalue weighted by Crippen LogP contribution is 2.13. The zero-order chi connectivity index (χ0) is 8.15. The third kappa shape index (κ3) is 2.93. The van der Waals surface area contributed by atoms with Crippen LogP contribution in [0.15, 0.2) is 0 Å². The van der Waals surface area contributed by atoms with E-state index in [4.69, 9.17) is 0 Å². The van der Waals surface area contributed by atoms with Crippen molar-refractivity contribution >= 4 is 11.8 Å². The Morgan fingerprint density at radius 1 is 1.30 bits per heavy atom. The molecule has 0 amide bonds. The summed E-state index contributed by atoms with van der Waals surface area (Å²) in [6, 6.07) is 0.674. The molecule has 0 aliphatic rings. The highest BCUT2D eigenvalue weighted by molar-refractivity contribution is 7.99. The van der Waals surface area contributed by atoms with Gasteiger partial charge >= 0.3 is 0 Å². The third-order valence-electron chi connectivity index (χ3n) is 1.84. The maximum atomic E-state index is 2.48. The molecule has 1 nitrogen and oxygen atoms in total. The van der Waals surface area contributed by atoms with Crippen molar-refractivity contribution in [2.24, 2.45) is 0 Å². The topological polar surface area (TPSA) is 3.24 Å². The predicted octanol–water partition coefficient (Wildman–Crippen LogP) is 2.43. The molecule has 0 heterocycles. The minimum Gasteiger partial charge on any atom is -0.290 e. The van der Waals surface area contributed by atoms with Gasteiger partial charge in [0.15, 0.2) is 0 Å². The van der Waals surface area contributed by atoms with Crippen molar-refractivity contribution in [2.45, 2.75) is 39.1 Å². The van der Waals surface area contributed by atoms with Gasteiger partial charge in [0, 0.05) is 6.04 Å². The van der Waals surface area contributed by atoms with Crippen molar-refractivity contribution in [3.63, 3.8) is 0 Å². The first-order valence-corrected chi connectivity index (χ1v) is 5.20. The first-order chi connectivity index (χ1) is 4.63. The molecule has 0 saturated carbocycles. The van der Waals surface area contributed by atoms with E-state index in [1.807, 2.05) is 11.8 Å². The average molecular weight is 161 g/mol. The SMILES string of the molecule is CCN(C(C)C)C(C)SC. The van der Waals surface area contributed by atoms with E-state index < -0.39 is 0 Å². The normalized spacial score (nSPS) is 14.7. The van der Waals surface area contributed by atoms with Crippen LogP contribution in [0.1, 0.15) is 27.7 Å². The molecule has 0 aliphatic carbocycles. The molecule has 0 spiro atoms. The standard InChI is InChI=1S/C8H19NS/c1-6-9(7(2)3)8(4)10-5/h7-8H,6H2,1-5H3. The molecule has 1 atom stereocenters. The number of rotatable bonds is 4. The maximum Gasteiger partial charge on any atom is 0.0528 e. The molecule has 0 rings (SSSR count). The molecular weight excluding hydrogens is 142 g/mol. The van der Waals surface area contributed by atoms with Crippen molar-refractivity contribution in [3.8, 4) is 0 Å². The van der Waals surface area contributed by atoms with Crippen molar-refractivity contribution < 1.29 is 0 Å². The van der Waals surface area contributed by atoms with E-state index in [2.05, 4.69) is 38.9 Å². The summed E-state index contributed by atoms with van der Waals surface area (Å²) in [4.78, 5) is 2.48. The zero-order valence-corrected chi connectivity index (χ0v) is 8.53. The van der Waals surface area contributed by atoms with Gasteiger partial charge in [-0.3, -0.25) is 4.90 Å². The smallest absolute Gasteiger partial charge is 0.0528 e. The maximum absolute atomic E-state index is 2.48. The second-order valence-electron chi connectivity index (χ2n) is 2.76. The molecule has 10 heavy (non-hydrogen) atoms. The van der Waals surface area contributed by atoms with E-state index >= 15 is 0 Å². The second kappa shape index (κ2) is 5.03. The summed E-state index contributed by atoms with van der Waals surface area (Å²) >= 11 is 1.91. The Labute approximate surface area is 69.2 Å². The van der Waals surface area contributed by atoms with Crippen LogP contribution in [0.4, 0.5) is 0 Å². The van der Waals surface area contributed by atoms with Crippen LogP contribution >= 0.6 is 11.8 Å². The van der Waals surface area contributed by atoms with Crippen molar-refractivity contribution in [1.82, 2.24) is 4.90 Å². The highest BCUT2D eigenvalue weighted by atomic mass is 32.2. The van der Waals surface area contributed by atoms with Gasteiger partial charge in [-0.05, 0) is 33.6 Å². The van der Waals surface area contributed by atoms with Crippen molar-refractivity contribution in [3.05, 3.63) is 0 Å². The van der Waals surface area contributed by atoms with E-state index in [-0.39, 0.29) is 0 Å². The Bertz CT molecular complexity index is 83.3. The van der Waals surface area contributed by atoms with Crippen LogP contribution in [0.25, 0.3) is 0 Å². The molecule has 62 valence electrons. The Balaban J connectivity index is 3.80. The van der Waals surface area contributed by atoms with Crippen molar-refractivity contribution in [2.75, 3.05) is 12.8 Å². The fourth-order valence-corrected chi connectivity index (χ4v) is 1.84. The van der Waals surface area contributed by atoms with Gasteiger partial charge in [-0.15, -0.1) is 11.8 Å². The molecule has 0 fully saturated rings. The van der Waals surface area contributed by atoms with E-state index in [1.165, 1.54) is 0 Å². The Morgan fingerprint density at radius 3 is 1.90 bits per heavy atom. The summed E-state index contributed by atoms with van der Waals surface area (Å²) in [5.41, 5.74) is 0. The molecular formula is C8H19NS. The summed E-state index contributed by atoms with van der Waals surface area (Å²) < 4.78 is 0. The van der Waals surface area contributed by atoms with Crippen LogP contribution in [0.2, 0.25) is 0 Å². The molecule has 0 saturated heterocycles. The third-order valence-corrected chi connectivity index (χ3v) is 2.79. The van der Waals surface area contributed by atoms with Crippen LogP contribution in [-0.2, 0) is 0 Å². The van der Waals surface area contributed by atoms with Gasteiger partial charge < -0.3 is 0 Å². The van der Waals surface area contributed by atoms with Crippen LogP contribution in [0.5, 0.6) is 0 Å². The summed E-state index contributed by atoms with van der Waals surface area (Å²) in [6.07, 6.45) is 2.16. The summed E-state index contributed by atoms with van der Waals surface area (Å²) in [7, 11) is 0. The number of hydrogen-bond donors (Lipinski definition) is 0. The van der Waals surface area contributed by atoms with Crippen LogP contribution in [0.3, 0.4) is 0 Å². The lowest BCUT2D eigenvalue weighted by atomic mass is 10.3. The number of thioether (sulfide) groups is 1.